The van der Waals surface area contributed by atoms with Gasteiger partial charge in [-0.3, -0.25) is 4.90 Å². The first-order valence-electron chi connectivity index (χ1n) is 7.08. The first-order valence-corrected chi connectivity index (χ1v) is 7.08. The largest absolute Gasteiger partial charge is 0.459 e. The highest BCUT2D eigenvalue weighted by molar-refractivity contribution is 5.42. The van der Waals surface area contributed by atoms with Gasteiger partial charge in [-0.25, -0.2) is 0 Å². The van der Waals surface area contributed by atoms with Crippen molar-refractivity contribution in [2.75, 3.05) is 13.2 Å². The number of nitrogens with zero attached hydrogens (tertiary/aromatic N) is 3. The molecule has 0 saturated carbocycles. The average Bonchev–Trinajstić information content (AvgIpc) is 3.12. The Morgan fingerprint density at radius 3 is 3.15 bits per heavy atom. The van der Waals surface area contributed by atoms with Gasteiger partial charge in [-0.2, -0.15) is 4.98 Å². The highest BCUT2D eigenvalue weighted by Crippen LogP contribution is 2.22. The lowest BCUT2D eigenvalue weighted by atomic mass is 10.00. The van der Waals surface area contributed by atoms with Crippen molar-refractivity contribution in [2.45, 2.75) is 38.3 Å². The molecule has 20 heavy (non-hydrogen) atoms. The average molecular weight is 277 g/mol. The normalized spacial score (nSPS) is 20.4. The zero-order valence-electron chi connectivity index (χ0n) is 11.4. The summed E-state index contributed by atoms with van der Waals surface area (Å²) >= 11 is 0. The molecule has 0 aliphatic carbocycles. The van der Waals surface area contributed by atoms with Gasteiger partial charge in [0.15, 0.2) is 11.6 Å². The molecule has 108 valence electrons. The minimum absolute atomic E-state index is 0.227. The Balaban J connectivity index is 1.67. The van der Waals surface area contributed by atoms with E-state index < -0.39 is 0 Å². The van der Waals surface area contributed by atoms with E-state index in [9.17, 15) is 0 Å². The first kappa shape index (κ1) is 13.3. The minimum atomic E-state index is 0.227. The third-order valence-electron chi connectivity index (χ3n) is 3.76. The standard InChI is InChI=1S/C14H19N3O3/c18-8-6-11-4-1-2-7-17(11)10-13-15-14(20-16-13)12-5-3-9-19-12/h3,5,9,11,18H,1-2,4,6-8,10H2. The summed E-state index contributed by atoms with van der Waals surface area (Å²) in [7, 11) is 0. The Morgan fingerprint density at radius 2 is 2.35 bits per heavy atom. The van der Waals surface area contributed by atoms with Crippen LogP contribution >= 0.6 is 0 Å². The Hall–Kier alpha value is -1.66. The fourth-order valence-corrected chi connectivity index (χ4v) is 2.74. The van der Waals surface area contributed by atoms with Crippen molar-refractivity contribution < 1.29 is 14.0 Å². The van der Waals surface area contributed by atoms with Crippen LogP contribution in [0.25, 0.3) is 11.7 Å². The maximum atomic E-state index is 9.14. The summed E-state index contributed by atoms with van der Waals surface area (Å²) in [6.45, 7) is 1.91. The van der Waals surface area contributed by atoms with Gasteiger partial charge in [0, 0.05) is 12.6 Å². The molecule has 1 aliphatic heterocycles. The molecule has 1 fully saturated rings. The van der Waals surface area contributed by atoms with E-state index in [0.29, 0.717) is 30.1 Å². The van der Waals surface area contributed by atoms with Crippen molar-refractivity contribution in [2.24, 2.45) is 0 Å². The van der Waals surface area contributed by atoms with Gasteiger partial charge in [-0.15, -0.1) is 0 Å². The smallest absolute Gasteiger partial charge is 0.293 e. The third-order valence-corrected chi connectivity index (χ3v) is 3.76. The van der Waals surface area contributed by atoms with Crippen LogP contribution < -0.4 is 0 Å². The summed E-state index contributed by atoms with van der Waals surface area (Å²) in [5, 5.41) is 13.2. The molecule has 6 heteroatoms. The first-order chi connectivity index (χ1) is 9.86. The number of hydrogen-bond donors (Lipinski definition) is 1. The van der Waals surface area contributed by atoms with E-state index in [2.05, 4.69) is 15.0 Å². The number of hydrogen-bond acceptors (Lipinski definition) is 6. The summed E-state index contributed by atoms with van der Waals surface area (Å²) in [6, 6.07) is 4.01. The summed E-state index contributed by atoms with van der Waals surface area (Å²) in [5.74, 6) is 1.68. The van der Waals surface area contributed by atoms with Gasteiger partial charge >= 0.3 is 0 Å². The van der Waals surface area contributed by atoms with Crippen molar-refractivity contribution in [3.63, 3.8) is 0 Å². The lowest BCUT2D eigenvalue weighted by Gasteiger charge is -2.34. The summed E-state index contributed by atoms with van der Waals surface area (Å²) in [5.41, 5.74) is 0. The van der Waals surface area contributed by atoms with Crippen molar-refractivity contribution in [3.05, 3.63) is 24.2 Å². The van der Waals surface area contributed by atoms with E-state index in [1.807, 2.05) is 0 Å². The minimum Gasteiger partial charge on any atom is -0.459 e. The van der Waals surface area contributed by atoms with Gasteiger partial charge in [0.1, 0.15) is 0 Å². The lowest BCUT2D eigenvalue weighted by molar-refractivity contribution is 0.109. The van der Waals surface area contributed by atoms with Crippen LogP contribution in [0.3, 0.4) is 0 Å². The molecule has 0 bridgehead atoms. The second-order valence-electron chi connectivity index (χ2n) is 5.13. The quantitative estimate of drug-likeness (QED) is 0.901. The molecule has 1 N–H and O–H groups in total. The van der Waals surface area contributed by atoms with Crippen LogP contribution in [0.5, 0.6) is 0 Å². The van der Waals surface area contributed by atoms with Crippen LogP contribution in [0, 0.1) is 0 Å². The third kappa shape index (κ3) is 2.91. The molecule has 3 rings (SSSR count). The van der Waals surface area contributed by atoms with Gasteiger partial charge < -0.3 is 14.0 Å². The van der Waals surface area contributed by atoms with Crippen LogP contribution in [0.2, 0.25) is 0 Å². The molecule has 0 spiro atoms. The molecule has 1 unspecified atom stereocenters. The van der Waals surface area contributed by atoms with Crippen molar-refractivity contribution in [1.82, 2.24) is 15.0 Å². The number of aliphatic hydroxyl groups excluding tert-OH is 1. The summed E-state index contributed by atoms with van der Waals surface area (Å²) < 4.78 is 10.5. The van der Waals surface area contributed by atoms with Crippen LogP contribution in [0.15, 0.2) is 27.3 Å². The van der Waals surface area contributed by atoms with Crippen molar-refractivity contribution >= 4 is 0 Å². The fourth-order valence-electron chi connectivity index (χ4n) is 2.74. The van der Waals surface area contributed by atoms with Crippen LogP contribution in [0.1, 0.15) is 31.5 Å². The second-order valence-corrected chi connectivity index (χ2v) is 5.13. The Morgan fingerprint density at radius 1 is 1.40 bits per heavy atom. The van der Waals surface area contributed by atoms with E-state index in [0.717, 1.165) is 19.4 Å². The number of aliphatic hydroxyl groups is 1. The predicted molar refractivity (Wildman–Crippen MR) is 71.8 cm³/mol. The van der Waals surface area contributed by atoms with E-state index in [4.69, 9.17) is 14.0 Å². The van der Waals surface area contributed by atoms with Gasteiger partial charge in [-0.1, -0.05) is 11.6 Å². The SMILES string of the molecule is OCCC1CCCCN1Cc1noc(-c2ccco2)n1. The molecule has 1 saturated heterocycles. The molecule has 2 aromatic heterocycles. The number of piperidine rings is 1. The molecule has 3 heterocycles. The summed E-state index contributed by atoms with van der Waals surface area (Å²) in [4.78, 5) is 6.70. The van der Waals surface area contributed by atoms with Crippen molar-refractivity contribution in [1.29, 1.82) is 0 Å². The van der Waals surface area contributed by atoms with Crippen LogP contribution in [0.4, 0.5) is 0 Å². The zero-order chi connectivity index (χ0) is 13.8. The second kappa shape index (κ2) is 6.19. The monoisotopic (exact) mass is 277 g/mol. The summed E-state index contributed by atoms with van der Waals surface area (Å²) in [6.07, 6.45) is 5.93. The predicted octanol–water partition coefficient (Wildman–Crippen LogP) is 2.07. The highest BCUT2D eigenvalue weighted by atomic mass is 16.5. The lowest BCUT2D eigenvalue weighted by Crippen LogP contribution is -2.39. The maximum absolute atomic E-state index is 9.14. The molecule has 1 aliphatic rings. The molecular formula is C14H19N3O3. The van der Waals surface area contributed by atoms with E-state index in [1.54, 1.807) is 18.4 Å². The zero-order valence-corrected chi connectivity index (χ0v) is 11.4. The molecule has 6 nitrogen and oxygen atoms in total. The Kier molecular flexibility index (Phi) is 4.13. The van der Waals surface area contributed by atoms with Crippen LogP contribution in [-0.2, 0) is 6.54 Å². The van der Waals surface area contributed by atoms with E-state index in [1.165, 1.54) is 12.8 Å². The number of furan rings is 1. The number of aromatic nitrogens is 2. The highest BCUT2D eigenvalue weighted by Gasteiger charge is 2.23. The number of rotatable bonds is 5. The topological polar surface area (TPSA) is 75.5 Å². The maximum Gasteiger partial charge on any atom is 0.293 e. The molecule has 1 atom stereocenters. The van der Waals surface area contributed by atoms with Crippen molar-refractivity contribution in [3.8, 4) is 11.7 Å². The molecule has 2 aromatic rings. The van der Waals surface area contributed by atoms with Gasteiger partial charge in [-0.05, 0) is 37.9 Å². The molecule has 0 amide bonds. The van der Waals surface area contributed by atoms with E-state index >= 15 is 0 Å². The van der Waals surface area contributed by atoms with Gasteiger partial charge in [0.2, 0.25) is 0 Å². The molecule has 0 aromatic carbocycles. The Labute approximate surface area is 117 Å². The Bertz CT molecular complexity index is 522. The fraction of sp³-hybridized carbons (Fsp3) is 0.571. The van der Waals surface area contributed by atoms with Gasteiger partial charge in [0.05, 0.1) is 12.8 Å². The molecular weight excluding hydrogens is 258 g/mol. The molecule has 0 radical (unpaired) electrons. The van der Waals surface area contributed by atoms with Gasteiger partial charge in [0.25, 0.3) is 5.89 Å². The number of likely N-dealkylation sites (tertiary alicyclic amines) is 1. The van der Waals surface area contributed by atoms with E-state index in [-0.39, 0.29) is 6.61 Å². The van der Waals surface area contributed by atoms with Crippen LogP contribution in [-0.4, -0.2) is 39.3 Å².